The minimum absolute atomic E-state index is 0.0427. The number of aliphatic hydroxyl groups excluding tert-OH is 1. The Kier molecular flexibility index (Phi) is 21.4. The molecule has 0 spiro atoms. The van der Waals surface area contributed by atoms with E-state index in [2.05, 4.69) is 6.92 Å². The standard InChI is InChI=1S/C31H48O5S.C3H8O/c1-3-4-5-6-7-8-9-10-11-12-13-14-15-19-24-35-26-29-30(37(32,33)34)23-22-27(2)31(29)36-25-28-20-17-16-18-21-28;1-2-3-4/h16-18,20-23H,3-15,19,24-26H2,1-2H3,(H,32,33,34);4H,2-3H2,1H3/p-1. The van der Waals surface area contributed by atoms with E-state index in [4.69, 9.17) is 14.6 Å². The summed E-state index contributed by atoms with van der Waals surface area (Å²) in [6.07, 6.45) is 19.0. The molecule has 0 unspecified atom stereocenters. The van der Waals surface area contributed by atoms with Gasteiger partial charge in [0.25, 0.3) is 0 Å². The number of hydrogen-bond donors (Lipinski definition) is 1. The van der Waals surface area contributed by atoms with E-state index in [1.807, 2.05) is 44.2 Å². The lowest BCUT2D eigenvalue weighted by atomic mass is 10.0. The molecule has 0 aromatic heterocycles. The molecular weight excluding hydrogens is 536 g/mol. The van der Waals surface area contributed by atoms with Crippen molar-refractivity contribution in [3.63, 3.8) is 0 Å². The van der Waals surface area contributed by atoms with Gasteiger partial charge >= 0.3 is 0 Å². The molecule has 0 atom stereocenters. The summed E-state index contributed by atoms with van der Waals surface area (Å²) < 4.78 is 47.5. The van der Waals surface area contributed by atoms with E-state index in [-0.39, 0.29) is 18.1 Å². The minimum Gasteiger partial charge on any atom is -0.744 e. The molecule has 2 aromatic rings. The second-order valence-corrected chi connectivity index (χ2v) is 12.1. The monoisotopic (exact) mass is 591 g/mol. The van der Waals surface area contributed by atoms with E-state index in [0.717, 1.165) is 30.4 Å². The van der Waals surface area contributed by atoms with Crippen LogP contribution in [0.25, 0.3) is 0 Å². The highest BCUT2D eigenvalue weighted by atomic mass is 32.2. The van der Waals surface area contributed by atoms with Crippen molar-refractivity contribution in [2.75, 3.05) is 13.2 Å². The maximum atomic E-state index is 11.9. The highest BCUT2D eigenvalue weighted by molar-refractivity contribution is 7.85. The van der Waals surface area contributed by atoms with E-state index in [1.54, 1.807) is 6.07 Å². The fraction of sp³-hybridized carbons (Fsp3) is 0.647. The van der Waals surface area contributed by atoms with Gasteiger partial charge in [0, 0.05) is 18.8 Å². The molecule has 0 aliphatic carbocycles. The summed E-state index contributed by atoms with van der Waals surface area (Å²) in [5.74, 6) is 0.418. The van der Waals surface area contributed by atoms with Crippen LogP contribution in [0.15, 0.2) is 47.4 Å². The van der Waals surface area contributed by atoms with E-state index < -0.39 is 10.1 Å². The molecule has 0 aliphatic heterocycles. The van der Waals surface area contributed by atoms with Crippen molar-refractivity contribution >= 4 is 10.1 Å². The summed E-state index contributed by atoms with van der Waals surface area (Å²) in [4.78, 5) is -0.262. The van der Waals surface area contributed by atoms with Crippen LogP contribution in [0.3, 0.4) is 0 Å². The average molecular weight is 592 g/mol. The summed E-state index contributed by atoms with van der Waals surface area (Å²) in [5.41, 5.74) is 2.06. The van der Waals surface area contributed by atoms with E-state index >= 15 is 0 Å². The largest absolute Gasteiger partial charge is 0.744 e. The summed E-state index contributed by atoms with van der Waals surface area (Å²) in [5, 5.41) is 7.88. The third kappa shape index (κ3) is 17.6. The molecule has 2 aromatic carbocycles. The topological polar surface area (TPSA) is 95.9 Å². The zero-order valence-corrected chi connectivity index (χ0v) is 26.7. The first-order valence-electron chi connectivity index (χ1n) is 15.8. The van der Waals surface area contributed by atoms with Crippen molar-refractivity contribution in [1.29, 1.82) is 0 Å². The summed E-state index contributed by atoms with van der Waals surface area (Å²) in [6.45, 7) is 7.22. The van der Waals surface area contributed by atoms with E-state index in [0.29, 0.717) is 24.5 Å². The normalized spacial score (nSPS) is 11.2. The molecule has 234 valence electrons. The highest BCUT2D eigenvalue weighted by Gasteiger charge is 2.17. The van der Waals surface area contributed by atoms with Crippen LogP contribution in [-0.2, 0) is 28.1 Å². The maximum absolute atomic E-state index is 11.9. The number of aliphatic hydroxyl groups is 1. The van der Waals surface area contributed by atoms with Gasteiger partial charge in [0.05, 0.1) is 11.5 Å². The lowest BCUT2D eigenvalue weighted by molar-refractivity contribution is 0.112. The van der Waals surface area contributed by atoms with Gasteiger partial charge in [0.2, 0.25) is 0 Å². The zero-order valence-electron chi connectivity index (χ0n) is 25.9. The first kappa shape index (κ1) is 37.1. The zero-order chi connectivity index (χ0) is 30.2. The third-order valence-electron chi connectivity index (χ3n) is 7.02. The van der Waals surface area contributed by atoms with Crippen molar-refractivity contribution < 1.29 is 27.6 Å². The molecule has 0 aliphatic rings. The lowest BCUT2D eigenvalue weighted by Gasteiger charge is -2.20. The van der Waals surface area contributed by atoms with Gasteiger partial charge in [-0.3, -0.25) is 0 Å². The van der Waals surface area contributed by atoms with Crippen LogP contribution < -0.4 is 4.74 Å². The molecule has 2 rings (SSSR count). The Morgan fingerprint density at radius 3 is 1.71 bits per heavy atom. The number of ether oxygens (including phenoxy) is 2. The van der Waals surface area contributed by atoms with E-state index in [1.165, 1.54) is 83.1 Å². The lowest BCUT2D eigenvalue weighted by Crippen LogP contribution is -2.10. The third-order valence-corrected chi connectivity index (χ3v) is 7.94. The number of unbranched alkanes of at least 4 members (excludes halogenated alkanes) is 13. The van der Waals surface area contributed by atoms with Gasteiger partial charge in [-0.05, 0) is 37.0 Å². The van der Waals surface area contributed by atoms with Crippen molar-refractivity contribution in [2.45, 2.75) is 135 Å². The van der Waals surface area contributed by atoms with Crippen LogP contribution in [0.4, 0.5) is 0 Å². The van der Waals surface area contributed by atoms with Crippen molar-refractivity contribution in [3.05, 3.63) is 59.2 Å². The molecule has 41 heavy (non-hydrogen) atoms. The van der Waals surface area contributed by atoms with Gasteiger partial charge in [0.15, 0.2) is 0 Å². The average Bonchev–Trinajstić information content (AvgIpc) is 2.96. The smallest absolute Gasteiger partial charge is 0.129 e. The number of aryl methyl sites for hydroxylation is 1. The molecule has 7 heteroatoms. The predicted molar refractivity (Wildman–Crippen MR) is 167 cm³/mol. The Morgan fingerprint density at radius 2 is 1.22 bits per heavy atom. The van der Waals surface area contributed by atoms with Gasteiger partial charge in [-0.1, -0.05) is 134 Å². The summed E-state index contributed by atoms with van der Waals surface area (Å²) in [6, 6.07) is 12.6. The maximum Gasteiger partial charge on any atom is 0.129 e. The van der Waals surface area contributed by atoms with Crippen molar-refractivity contribution in [2.24, 2.45) is 0 Å². The fourth-order valence-corrected chi connectivity index (χ4v) is 5.29. The Morgan fingerprint density at radius 1 is 0.707 bits per heavy atom. The Balaban J connectivity index is 0.00000196. The molecule has 0 radical (unpaired) electrons. The van der Waals surface area contributed by atoms with Gasteiger partial charge in [-0.15, -0.1) is 0 Å². The Hall–Kier alpha value is -1.93. The van der Waals surface area contributed by atoms with Gasteiger partial charge in [-0.25, -0.2) is 8.42 Å². The van der Waals surface area contributed by atoms with Crippen molar-refractivity contribution in [1.82, 2.24) is 0 Å². The first-order chi connectivity index (χ1) is 19.8. The Bertz CT molecular complexity index is 1010. The molecule has 0 saturated carbocycles. The van der Waals surface area contributed by atoms with Crippen LogP contribution in [0.2, 0.25) is 0 Å². The Labute approximate surface area is 250 Å². The van der Waals surface area contributed by atoms with Gasteiger partial charge in [0.1, 0.15) is 22.5 Å². The second kappa shape index (κ2) is 23.6. The number of hydrogen-bond acceptors (Lipinski definition) is 6. The SMILES string of the molecule is CCCCCCCCCCCCCCCCOCc1c(S(=O)(=O)[O-])ccc(C)c1OCc1ccccc1.CCCO. The van der Waals surface area contributed by atoms with Crippen LogP contribution >= 0.6 is 0 Å². The van der Waals surface area contributed by atoms with Crippen LogP contribution in [0, 0.1) is 6.92 Å². The summed E-state index contributed by atoms with van der Waals surface area (Å²) >= 11 is 0. The van der Waals surface area contributed by atoms with Gasteiger partial charge in [-0.2, -0.15) is 0 Å². The second-order valence-electron chi connectivity index (χ2n) is 10.8. The number of benzene rings is 2. The molecule has 0 saturated heterocycles. The quantitative estimate of drug-likeness (QED) is 0.109. The molecule has 0 amide bonds. The molecule has 0 fully saturated rings. The van der Waals surface area contributed by atoms with E-state index in [9.17, 15) is 13.0 Å². The predicted octanol–water partition coefficient (Wildman–Crippen LogP) is 8.86. The molecule has 1 N–H and O–H groups in total. The van der Waals surface area contributed by atoms with Crippen LogP contribution in [-0.4, -0.2) is 31.3 Å². The minimum atomic E-state index is -4.64. The molecule has 6 nitrogen and oxygen atoms in total. The molecular formula is C34H55O6S-. The highest BCUT2D eigenvalue weighted by Crippen LogP contribution is 2.31. The molecule has 0 bridgehead atoms. The first-order valence-corrected chi connectivity index (χ1v) is 17.2. The van der Waals surface area contributed by atoms with Crippen LogP contribution in [0.5, 0.6) is 5.75 Å². The summed E-state index contributed by atoms with van der Waals surface area (Å²) in [7, 11) is -4.64. The van der Waals surface area contributed by atoms with Crippen LogP contribution in [0.1, 0.15) is 127 Å². The van der Waals surface area contributed by atoms with Gasteiger partial charge < -0.3 is 19.1 Å². The van der Waals surface area contributed by atoms with Crippen molar-refractivity contribution in [3.8, 4) is 5.75 Å². The number of rotatable bonds is 22. The molecule has 0 heterocycles. The fourth-order valence-electron chi connectivity index (χ4n) is 4.60.